The van der Waals surface area contributed by atoms with Crippen LogP contribution >= 0.6 is 0 Å². The zero-order valence-electron chi connectivity index (χ0n) is 8.43. The van der Waals surface area contributed by atoms with E-state index >= 15 is 0 Å². The van der Waals surface area contributed by atoms with Crippen LogP contribution in [0.4, 0.5) is 0 Å². The van der Waals surface area contributed by atoms with Crippen molar-refractivity contribution in [2.75, 3.05) is 7.05 Å². The Kier molecular flexibility index (Phi) is 1.80. The fourth-order valence-corrected chi connectivity index (χ4v) is 3.14. The third-order valence-corrected chi connectivity index (χ3v) is 3.92. The quantitative estimate of drug-likeness (QED) is 0.669. The van der Waals surface area contributed by atoms with Gasteiger partial charge in [-0.3, -0.25) is 4.90 Å². The number of aromatic nitrogens is 2. The average molecular weight is 189 g/mol. The van der Waals surface area contributed by atoms with Crippen LogP contribution in [-0.2, 0) is 0 Å². The maximum atomic E-state index is 3.97. The Bertz CT molecular complexity index is 325. The molecule has 3 rings (SSSR count). The Hall–Kier alpha value is -0.960. The van der Waals surface area contributed by atoms with Gasteiger partial charge in [0.25, 0.3) is 0 Å². The molecule has 0 unspecified atom stereocenters. The van der Waals surface area contributed by atoms with Crippen molar-refractivity contribution in [3.8, 4) is 0 Å². The Morgan fingerprint density at radius 2 is 2.29 bits per heavy atom. The normalized spacial score (nSPS) is 36.5. The van der Waals surface area contributed by atoms with Crippen LogP contribution in [0.2, 0.25) is 0 Å². The molecule has 0 spiro atoms. The summed E-state index contributed by atoms with van der Waals surface area (Å²) >= 11 is 0. The van der Waals surface area contributed by atoms with Crippen molar-refractivity contribution in [2.24, 2.45) is 0 Å². The molecule has 2 saturated heterocycles. The first-order valence-electron chi connectivity index (χ1n) is 5.35. The molecule has 1 aromatic heterocycles. The van der Waals surface area contributed by atoms with E-state index in [-0.39, 0.29) is 0 Å². The van der Waals surface area contributed by atoms with E-state index < -0.39 is 0 Å². The van der Waals surface area contributed by atoms with E-state index in [1.165, 1.54) is 24.8 Å². The van der Waals surface area contributed by atoms with E-state index in [0.29, 0.717) is 5.92 Å². The Labute approximate surface area is 84.1 Å². The van der Waals surface area contributed by atoms with Gasteiger partial charge in [-0.1, -0.05) is 0 Å². The second-order valence-electron chi connectivity index (χ2n) is 4.48. The molecule has 0 radical (unpaired) electrons. The highest BCUT2D eigenvalue weighted by Gasteiger charge is 2.44. The maximum Gasteiger partial charge on any atom is 0.0531 e. The van der Waals surface area contributed by atoms with E-state index in [4.69, 9.17) is 0 Å². The first kappa shape index (κ1) is 8.36. The SMILES string of the molecule is CN1[C@H]2CC[C@@H]1[C@@H](c1ccnnc1)C2. The second kappa shape index (κ2) is 3.02. The largest absolute Gasteiger partial charge is 0.300 e. The minimum Gasteiger partial charge on any atom is -0.300 e. The van der Waals surface area contributed by atoms with Gasteiger partial charge in [-0.2, -0.15) is 10.2 Å². The van der Waals surface area contributed by atoms with Crippen LogP contribution in [0.1, 0.15) is 30.7 Å². The summed E-state index contributed by atoms with van der Waals surface area (Å²) in [5.41, 5.74) is 1.37. The molecule has 3 heteroatoms. The lowest BCUT2D eigenvalue weighted by molar-refractivity contribution is 0.307. The van der Waals surface area contributed by atoms with E-state index in [0.717, 1.165) is 12.1 Å². The second-order valence-corrected chi connectivity index (χ2v) is 4.48. The molecule has 0 aliphatic carbocycles. The van der Waals surface area contributed by atoms with E-state index in [1.807, 2.05) is 6.20 Å². The number of likely N-dealkylation sites (N-methyl/N-ethyl adjacent to an activating group) is 1. The summed E-state index contributed by atoms with van der Waals surface area (Å²) in [4.78, 5) is 2.55. The first-order valence-corrected chi connectivity index (χ1v) is 5.35. The molecule has 0 amide bonds. The highest BCUT2D eigenvalue weighted by Crippen LogP contribution is 2.45. The molecule has 0 aromatic carbocycles. The molecule has 3 atom stereocenters. The first-order chi connectivity index (χ1) is 6.86. The van der Waals surface area contributed by atoms with Gasteiger partial charge in [0.2, 0.25) is 0 Å². The predicted octanol–water partition coefficient (Wildman–Crippen LogP) is 1.43. The van der Waals surface area contributed by atoms with Crippen LogP contribution in [0.25, 0.3) is 0 Å². The fraction of sp³-hybridized carbons (Fsp3) is 0.636. The molecule has 2 aliphatic heterocycles. The van der Waals surface area contributed by atoms with Gasteiger partial charge >= 0.3 is 0 Å². The molecule has 3 nitrogen and oxygen atoms in total. The lowest BCUT2D eigenvalue weighted by Crippen LogP contribution is -2.25. The molecule has 1 aromatic rings. The summed E-state index contributed by atoms with van der Waals surface area (Å²) < 4.78 is 0. The van der Waals surface area contributed by atoms with Crippen LogP contribution in [0.3, 0.4) is 0 Å². The molecule has 2 aliphatic rings. The number of hydrogen-bond acceptors (Lipinski definition) is 3. The molecular formula is C11H15N3. The number of hydrogen-bond donors (Lipinski definition) is 0. The monoisotopic (exact) mass is 189 g/mol. The van der Waals surface area contributed by atoms with Crippen LogP contribution < -0.4 is 0 Å². The number of rotatable bonds is 1. The molecule has 0 N–H and O–H groups in total. The van der Waals surface area contributed by atoms with Crippen molar-refractivity contribution in [1.82, 2.24) is 15.1 Å². The zero-order chi connectivity index (χ0) is 9.54. The lowest BCUT2D eigenvalue weighted by atomic mass is 9.85. The molecule has 14 heavy (non-hydrogen) atoms. The smallest absolute Gasteiger partial charge is 0.0531 e. The van der Waals surface area contributed by atoms with Gasteiger partial charge in [-0.05, 0) is 37.9 Å². The van der Waals surface area contributed by atoms with Gasteiger partial charge in [-0.15, -0.1) is 0 Å². The maximum absolute atomic E-state index is 3.97. The topological polar surface area (TPSA) is 29.0 Å². The van der Waals surface area contributed by atoms with E-state index in [2.05, 4.69) is 28.2 Å². The van der Waals surface area contributed by atoms with Gasteiger partial charge in [-0.25, -0.2) is 0 Å². The van der Waals surface area contributed by atoms with Crippen molar-refractivity contribution in [3.63, 3.8) is 0 Å². The summed E-state index contributed by atoms with van der Waals surface area (Å²) in [7, 11) is 2.26. The van der Waals surface area contributed by atoms with Crippen molar-refractivity contribution >= 4 is 0 Å². The van der Waals surface area contributed by atoms with Crippen molar-refractivity contribution in [3.05, 3.63) is 24.0 Å². The van der Waals surface area contributed by atoms with Crippen LogP contribution in [0, 0.1) is 0 Å². The highest BCUT2D eigenvalue weighted by atomic mass is 15.2. The highest BCUT2D eigenvalue weighted by molar-refractivity contribution is 5.20. The Morgan fingerprint density at radius 1 is 1.36 bits per heavy atom. The third-order valence-electron chi connectivity index (χ3n) is 3.92. The zero-order valence-corrected chi connectivity index (χ0v) is 8.43. The van der Waals surface area contributed by atoms with Crippen LogP contribution in [0.15, 0.2) is 18.5 Å². The average Bonchev–Trinajstić information content (AvgIpc) is 2.76. The third kappa shape index (κ3) is 1.08. The van der Waals surface area contributed by atoms with E-state index in [1.54, 1.807) is 6.20 Å². The molecular weight excluding hydrogens is 174 g/mol. The molecule has 3 heterocycles. The Balaban J connectivity index is 1.89. The number of nitrogens with zero attached hydrogens (tertiary/aromatic N) is 3. The molecule has 74 valence electrons. The summed E-state index contributed by atoms with van der Waals surface area (Å²) in [6.07, 6.45) is 7.79. The fourth-order valence-electron chi connectivity index (χ4n) is 3.14. The van der Waals surface area contributed by atoms with Crippen molar-refractivity contribution in [2.45, 2.75) is 37.3 Å². The molecule has 2 bridgehead atoms. The standard InChI is InChI=1S/C11H15N3/c1-14-9-2-3-11(14)10(6-9)8-4-5-12-13-7-8/h4-5,7,9-11H,2-3,6H2,1H3/t9-,10+,11+/m0/s1. The summed E-state index contributed by atoms with van der Waals surface area (Å²) in [5, 5.41) is 7.80. The van der Waals surface area contributed by atoms with Gasteiger partial charge in [0, 0.05) is 24.2 Å². The minimum atomic E-state index is 0.703. The van der Waals surface area contributed by atoms with Gasteiger partial charge in [0.1, 0.15) is 0 Å². The van der Waals surface area contributed by atoms with Crippen LogP contribution in [0.5, 0.6) is 0 Å². The Morgan fingerprint density at radius 3 is 2.86 bits per heavy atom. The van der Waals surface area contributed by atoms with Gasteiger partial charge < -0.3 is 0 Å². The van der Waals surface area contributed by atoms with Crippen molar-refractivity contribution < 1.29 is 0 Å². The van der Waals surface area contributed by atoms with Gasteiger partial charge in [0.05, 0.1) is 6.20 Å². The minimum absolute atomic E-state index is 0.703. The summed E-state index contributed by atoms with van der Waals surface area (Å²) in [6, 6.07) is 3.69. The lowest BCUT2D eigenvalue weighted by Gasteiger charge is -2.21. The number of fused-ring (bicyclic) bond motifs is 2. The summed E-state index contributed by atoms with van der Waals surface area (Å²) in [5.74, 6) is 0.703. The predicted molar refractivity (Wildman–Crippen MR) is 54.0 cm³/mol. The molecule has 2 fully saturated rings. The summed E-state index contributed by atoms with van der Waals surface area (Å²) in [6.45, 7) is 0. The van der Waals surface area contributed by atoms with Gasteiger partial charge in [0.15, 0.2) is 0 Å². The van der Waals surface area contributed by atoms with Crippen molar-refractivity contribution in [1.29, 1.82) is 0 Å². The van der Waals surface area contributed by atoms with E-state index in [9.17, 15) is 0 Å². The van der Waals surface area contributed by atoms with Crippen LogP contribution in [-0.4, -0.2) is 34.2 Å². The molecule has 0 saturated carbocycles.